The molecule has 1 aliphatic heterocycles. The molecular weight excluding hydrogens is 343 g/mol. The first-order valence-electron chi connectivity index (χ1n) is 3.41. The van der Waals surface area contributed by atoms with Crippen LogP contribution in [0.3, 0.4) is 0 Å². The van der Waals surface area contributed by atoms with Gasteiger partial charge in [0, 0.05) is 18.6 Å². The van der Waals surface area contributed by atoms with Crippen molar-refractivity contribution in [1.82, 2.24) is 5.32 Å². The number of nitrogens with one attached hydrogen (secondary N) is 1. The molecule has 0 aromatic heterocycles. The van der Waals surface area contributed by atoms with Crippen molar-refractivity contribution in [2.24, 2.45) is 5.73 Å². The second-order valence-corrected chi connectivity index (χ2v) is 2.27. The fourth-order valence-electron chi connectivity index (χ4n) is 0.677. The van der Waals surface area contributed by atoms with E-state index in [1.54, 1.807) is 0 Å². The van der Waals surface area contributed by atoms with Crippen LogP contribution in [0.15, 0.2) is 0 Å². The van der Waals surface area contributed by atoms with Gasteiger partial charge in [0.1, 0.15) is 0 Å². The molecule has 1 atom stereocenters. The molecule has 1 rings (SSSR count). The van der Waals surface area contributed by atoms with Gasteiger partial charge in [-0.05, 0) is 13.0 Å². The third-order valence-electron chi connectivity index (χ3n) is 1.22. The van der Waals surface area contributed by atoms with Crippen LogP contribution in [0.25, 0.3) is 0 Å². The maximum absolute atomic E-state index is 8.97. The van der Waals surface area contributed by atoms with E-state index in [1.807, 2.05) is 0 Å². The van der Waals surface area contributed by atoms with Crippen molar-refractivity contribution in [1.29, 1.82) is 0 Å². The SMILES string of the molecule is NC1CCNC1.O=C([O-])C[O-].[Pt+2]. The van der Waals surface area contributed by atoms with Crippen LogP contribution in [0.2, 0.25) is 0 Å². The Bertz CT molecular complexity index is 117. The second-order valence-electron chi connectivity index (χ2n) is 2.27. The number of hydrogen-bond donors (Lipinski definition) is 2. The van der Waals surface area contributed by atoms with Gasteiger partial charge in [0.15, 0.2) is 0 Å². The van der Waals surface area contributed by atoms with Gasteiger partial charge in [-0.2, -0.15) is 0 Å². The summed E-state index contributed by atoms with van der Waals surface area (Å²) in [5.74, 6) is -1.55. The number of hydrogen-bond acceptors (Lipinski definition) is 5. The minimum absolute atomic E-state index is 0. The predicted octanol–water partition coefficient (Wildman–Crippen LogP) is -3.60. The summed E-state index contributed by atoms with van der Waals surface area (Å²) in [5.41, 5.74) is 5.47. The first-order valence-corrected chi connectivity index (χ1v) is 3.41. The number of carboxylic acid groups (broad SMARTS) is 1. The summed E-state index contributed by atoms with van der Waals surface area (Å²) >= 11 is 0. The first-order chi connectivity index (χ1) is 5.16. The Kier molecular flexibility index (Phi) is 11.1. The van der Waals surface area contributed by atoms with E-state index < -0.39 is 12.6 Å². The minimum Gasteiger partial charge on any atom is -0.850 e. The second kappa shape index (κ2) is 9.13. The zero-order valence-corrected chi connectivity index (χ0v) is 8.80. The molecule has 0 aliphatic carbocycles. The van der Waals surface area contributed by atoms with E-state index in [0.29, 0.717) is 6.04 Å². The van der Waals surface area contributed by atoms with Gasteiger partial charge >= 0.3 is 21.1 Å². The fraction of sp³-hybridized carbons (Fsp3) is 0.833. The van der Waals surface area contributed by atoms with Gasteiger partial charge in [0.25, 0.3) is 0 Å². The quantitative estimate of drug-likeness (QED) is 0.506. The van der Waals surface area contributed by atoms with Crippen LogP contribution < -0.4 is 21.3 Å². The molecule has 3 N–H and O–H groups in total. The topological polar surface area (TPSA) is 101 Å². The molecule has 1 saturated heterocycles. The number of nitrogens with two attached hydrogens (primary N) is 1. The normalized spacial score (nSPS) is 20.3. The average molecular weight is 355 g/mol. The van der Waals surface area contributed by atoms with Crippen molar-refractivity contribution in [3.63, 3.8) is 0 Å². The van der Waals surface area contributed by atoms with E-state index in [1.165, 1.54) is 0 Å². The number of carboxylic acids is 1. The number of aliphatic carboxylic acids is 1. The molecule has 0 saturated carbocycles. The van der Waals surface area contributed by atoms with Gasteiger partial charge in [-0.15, -0.1) is 0 Å². The average Bonchev–Trinajstić information content (AvgIpc) is 2.41. The molecule has 74 valence electrons. The summed E-state index contributed by atoms with van der Waals surface area (Å²) in [4.78, 5) is 8.94. The van der Waals surface area contributed by atoms with Gasteiger partial charge in [0.2, 0.25) is 0 Å². The molecule has 1 aliphatic rings. The molecule has 12 heavy (non-hydrogen) atoms. The summed E-state index contributed by atoms with van der Waals surface area (Å²) in [7, 11) is 0. The number of rotatable bonds is 1. The smallest absolute Gasteiger partial charge is 0.850 e. The summed E-state index contributed by atoms with van der Waals surface area (Å²) in [6.07, 6.45) is 1.15. The fourth-order valence-corrected chi connectivity index (χ4v) is 0.677. The zero-order valence-electron chi connectivity index (χ0n) is 6.52. The summed E-state index contributed by atoms with van der Waals surface area (Å²) < 4.78 is 0. The van der Waals surface area contributed by atoms with E-state index in [4.69, 9.17) is 20.7 Å². The molecule has 0 aromatic rings. The van der Waals surface area contributed by atoms with Crippen LogP contribution in [0.1, 0.15) is 6.42 Å². The van der Waals surface area contributed by atoms with Crippen LogP contribution in [0.5, 0.6) is 0 Å². The molecule has 0 spiro atoms. The van der Waals surface area contributed by atoms with Crippen LogP contribution in [-0.2, 0) is 25.9 Å². The van der Waals surface area contributed by atoms with Gasteiger partial charge in [-0.1, -0.05) is 6.61 Å². The molecule has 6 heteroatoms. The summed E-state index contributed by atoms with van der Waals surface area (Å²) in [6, 6.07) is 0.435. The van der Waals surface area contributed by atoms with E-state index in [9.17, 15) is 0 Å². The van der Waals surface area contributed by atoms with Crippen molar-refractivity contribution in [3.05, 3.63) is 0 Å². The largest absolute Gasteiger partial charge is 2.00 e. The summed E-state index contributed by atoms with van der Waals surface area (Å²) in [5, 5.41) is 21.1. The van der Waals surface area contributed by atoms with Gasteiger partial charge in [-0.25, -0.2) is 0 Å². The Hall–Kier alpha value is 0.0383. The zero-order chi connectivity index (χ0) is 8.69. The van der Waals surface area contributed by atoms with Crippen molar-refractivity contribution in [2.75, 3.05) is 19.7 Å². The Morgan fingerprint density at radius 1 is 1.67 bits per heavy atom. The standard InChI is InChI=1S/C4H10N2.C2H3O3.Pt/c5-4-1-2-6-3-4;3-1-2(4)5;/h4,6H,1-3,5H2;1H2,(H,4,5);/q;-1;+2/p-1. The van der Waals surface area contributed by atoms with Crippen LogP contribution >= 0.6 is 0 Å². The van der Waals surface area contributed by atoms with Crippen molar-refractivity contribution >= 4 is 5.97 Å². The molecule has 0 aromatic carbocycles. The minimum atomic E-state index is -1.55. The van der Waals surface area contributed by atoms with Gasteiger partial charge in [0.05, 0.1) is 0 Å². The molecule has 1 heterocycles. The van der Waals surface area contributed by atoms with Crippen molar-refractivity contribution in [2.45, 2.75) is 12.5 Å². The first kappa shape index (κ1) is 14.6. The third-order valence-corrected chi connectivity index (χ3v) is 1.22. The Labute approximate surface area is 85.6 Å². The molecule has 5 nitrogen and oxygen atoms in total. The Morgan fingerprint density at radius 2 is 2.17 bits per heavy atom. The van der Waals surface area contributed by atoms with E-state index in [2.05, 4.69) is 5.32 Å². The molecule has 0 amide bonds. The molecule has 0 bridgehead atoms. The number of carbonyl (C=O) groups excluding carboxylic acids is 1. The Morgan fingerprint density at radius 3 is 2.25 bits per heavy atom. The van der Waals surface area contributed by atoms with Crippen molar-refractivity contribution in [3.8, 4) is 0 Å². The molecule has 1 fully saturated rings. The van der Waals surface area contributed by atoms with Crippen LogP contribution in [0, 0.1) is 0 Å². The monoisotopic (exact) mass is 355 g/mol. The van der Waals surface area contributed by atoms with E-state index >= 15 is 0 Å². The molecular formula is C6H12N2O3Pt. The van der Waals surface area contributed by atoms with Gasteiger partial charge < -0.3 is 26.1 Å². The van der Waals surface area contributed by atoms with E-state index in [0.717, 1.165) is 19.5 Å². The molecule has 0 radical (unpaired) electrons. The van der Waals surface area contributed by atoms with Crippen LogP contribution in [0.4, 0.5) is 0 Å². The maximum atomic E-state index is 8.97. The predicted molar refractivity (Wildman–Crippen MR) is 35.3 cm³/mol. The summed E-state index contributed by atoms with van der Waals surface area (Å²) in [6.45, 7) is 0.987. The third kappa shape index (κ3) is 10.0. The van der Waals surface area contributed by atoms with Crippen LogP contribution in [-0.4, -0.2) is 31.7 Å². The van der Waals surface area contributed by atoms with E-state index in [-0.39, 0.29) is 21.1 Å². The number of carbonyl (C=O) groups is 1. The van der Waals surface area contributed by atoms with Crippen molar-refractivity contribution < 1.29 is 36.1 Å². The molecule has 1 unspecified atom stereocenters. The Balaban J connectivity index is 0. The maximum Gasteiger partial charge on any atom is 2.00 e. The van der Waals surface area contributed by atoms with Gasteiger partial charge in [-0.3, -0.25) is 0 Å².